The summed E-state index contributed by atoms with van der Waals surface area (Å²) in [7, 11) is 1.77. The van der Waals surface area contributed by atoms with E-state index < -0.39 is 5.97 Å². The molecule has 1 aromatic carbocycles. The standard InChI is InChI=1S/C26H32N2O4/c1-16-19(14-22(29)27(16)5)23(30)28-13-11-21-25(2,3)20(10-12-26(21,4)15-28)17-6-8-18(9-7-17)24(31)32/h6-11,16,19H,12-15H2,1-5H3,(H,31,32)/t16-,19+,26+/m0/s1. The highest BCUT2D eigenvalue weighted by Crippen LogP contribution is 2.55. The summed E-state index contributed by atoms with van der Waals surface area (Å²) in [6, 6.07) is 7.00. The lowest BCUT2D eigenvalue weighted by atomic mass is 9.58. The topological polar surface area (TPSA) is 77.9 Å². The zero-order chi connectivity index (χ0) is 23.4. The molecule has 3 aliphatic rings. The highest BCUT2D eigenvalue weighted by molar-refractivity contribution is 5.90. The lowest BCUT2D eigenvalue weighted by molar-refractivity contribution is -0.137. The van der Waals surface area contributed by atoms with Crippen LogP contribution in [0.25, 0.3) is 5.57 Å². The predicted octanol–water partition coefficient (Wildman–Crippen LogP) is 3.84. The summed E-state index contributed by atoms with van der Waals surface area (Å²) in [5.41, 5.74) is 3.42. The molecule has 32 heavy (non-hydrogen) atoms. The van der Waals surface area contributed by atoms with Crippen LogP contribution in [0.4, 0.5) is 0 Å². The van der Waals surface area contributed by atoms with Crippen molar-refractivity contribution in [2.75, 3.05) is 20.1 Å². The first kappa shape index (κ1) is 22.3. The molecule has 1 aromatic rings. The summed E-state index contributed by atoms with van der Waals surface area (Å²) in [4.78, 5) is 40.2. The number of carboxylic acids is 1. The number of hydrogen-bond acceptors (Lipinski definition) is 3. The number of carbonyl (C=O) groups excluding carboxylic acids is 2. The van der Waals surface area contributed by atoms with Crippen LogP contribution in [0.15, 0.2) is 42.0 Å². The van der Waals surface area contributed by atoms with Crippen molar-refractivity contribution in [3.05, 3.63) is 53.1 Å². The monoisotopic (exact) mass is 436 g/mol. The van der Waals surface area contributed by atoms with E-state index in [0.29, 0.717) is 19.5 Å². The number of amides is 2. The Balaban J connectivity index is 1.59. The van der Waals surface area contributed by atoms with Gasteiger partial charge in [0.15, 0.2) is 0 Å². The Morgan fingerprint density at radius 2 is 1.75 bits per heavy atom. The average molecular weight is 437 g/mol. The number of benzene rings is 1. The first-order chi connectivity index (χ1) is 15.0. The van der Waals surface area contributed by atoms with Gasteiger partial charge >= 0.3 is 5.97 Å². The van der Waals surface area contributed by atoms with Crippen LogP contribution in [0.3, 0.4) is 0 Å². The number of rotatable bonds is 3. The fourth-order valence-corrected chi connectivity index (χ4v) is 5.90. The minimum atomic E-state index is -0.926. The Kier molecular flexibility index (Phi) is 5.30. The molecule has 0 aromatic heterocycles. The zero-order valence-electron chi connectivity index (χ0n) is 19.5. The molecule has 0 saturated carbocycles. The lowest BCUT2D eigenvalue weighted by Crippen LogP contribution is -2.51. The summed E-state index contributed by atoms with van der Waals surface area (Å²) in [6.45, 7) is 9.78. The van der Waals surface area contributed by atoms with Gasteiger partial charge in [-0.1, -0.05) is 50.6 Å². The van der Waals surface area contributed by atoms with Crippen molar-refractivity contribution in [3.63, 3.8) is 0 Å². The molecule has 2 heterocycles. The van der Waals surface area contributed by atoms with Gasteiger partial charge in [-0.15, -0.1) is 0 Å². The summed E-state index contributed by atoms with van der Waals surface area (Å²) in [5.74, 6) is -1.09. The molecule has 2 amide bonds. The van der Waals surface area contributed by atoms with Crippen molar-refractivity contribution in [2.45, 2.75) is 46.6 Å². The third-order valence-corrected chi connectivity index (χ3v) is 7.86. The minimum absolute atomic E-state index is 0.0376. The zero-order valence-corrected chi connectivity index (χ0v) is 19.5. The number of aromatic carboxylic acids is 1. The Hall–Kier alpha value is -2.89. The second-order valence-corrected chi connectivity index (χ2v) is 10.3. The fourth-order valence-electron chi connectivity index (χ4n) is 5.90. The Morgan fingerprint density at radius 1 is 1.09 bits per heavy atom. The maximum Gasteiger partial charge on any atom is 0.335 e. The smallest absolute Gasteiger partial charge is 0.335 e. The molecule has 0 bridgehead atoms. The molecular formula is C26H32N2O4. The molecule has 2 aliphatic heterocycles. The summed E-state index contributed by atoms with van der Waals surface area (Å²) in [5, 5.41) is 9.19. The first-order valence-corrected chi connectivity index (χ1v) is 11.3. The van der Waals surface area contributed by atoms with Gasteiger partial charge in [0.1, 0.15) is 0 Å². The van der Waals surface area contributed by atoms with E-state index in [1.54, 1.807) is 24.1 Å². The van der Waals surface area contributed by atoms with Crippen molar-refractivity contribution in [3.8, 4) is 0 Å². The molecular weight excluding hydrogens is 404 g/mol. The van der Waals surface area contributed by atoms with E-state index in [1.165, 1.54) is 11.1 Å². The third-order valence-electron chi connectivity index (χ3n) is 7.86. The number of allylic oxidation sites excluding steroid dienone is 2. The van der Waals surface area contributed by atoms with Gasteiger partial charge in [0.2, 0.25) is 11.8 Å². The number of carbonyl (C=O) groups is 3. The van der Waals surface area contributed by atoms with Gasteiger partial charge in [-0.2, -0.15) is 0 Å². The summed E-state index contributed by atoms with van der Waals surface area (Å²) >= 11 is 0. The molecule has 1 fully saturated rings. The van der Waals surface area contributed by atoms with Crippen LogP contribution in [0.5, 0.6) is 0 Å². The number of likely N-dealkylation sites (tertiary alicyclic amines) is 1. The summed E-state index contributed by atoms with van der Waals surface area (Å²) < 4.78 is 0. The van der Waals surface area contributed by atoms with Gasteiger partial charge in [0.05, 0.1) is 11.5 Å². The van der Waals surface area contributed by atoms with Gasteiger partial charge in [0, 0.05) is 43.4 Å². The SMILES string of the molecule is C[C@H]1[C@H](C(=O)N2CC=C3C(C)(C)C(c4ccc(C(=O)O)cc4)=CC[C@]3(C)C2)CC(=O)N1C. The Bertz CT molecular complexity index is 1040. The van der Waals surface area contributed by atoms with Crippen molar-refractivity contribution in [2.24, 2.45) is 16.7 Å². The maximum absolute atomic E-state index is 13.3. The van der Waals surface area contributed by atoms with Gasteiger partial charge in [-0.3, -0.25) is 9.59 Å². The molecule has 6 heteroatoms. The molecule has 0 unspecified atom stereocenters. The van der Waals surface area contributed by atoms with Gasteiger partial charge < -0.3 is 14.9 Å². The molecule has 3 atom stereocenters. The van der Waals surface area contributed by atoms with Crippen molar-refractivity contribution in [1.82, 2.24) is 9.80 Å². The van der Waals surface area contributed by atoms with E-state index in [9.17, 15) is 19.5 Å². The van der Waals surface area contributed by atoms with Crippen LogP contribution in [-0.4, -0.2) is 58.9 Å². The second-order valence-electron chi connectivity index (χ2n) is 10.3. The van der Waals surface area contributed by atoms with E-state index in [-0.39, 0.29) is 40.2 Å². The van der Waals surface area contributed by atoms with Crippen molar-refractivity contribution < 1.29 is 19.5 Å². The van der Waals surface area contributed by atoms with Crippen molar-refractivity contribution >= 4 is 23.4 Å². The van der Waals surface area contributed by atoms with Crippen LogP contribution < -0.4 is 0 Å². The first-order valence-electron chi connectivity index (χ1n) is 11.3. The van der Waals surface area contributed by atoms with Crippen LogP contribution in [0.1, 0.15) is 56.5 Å². The van der Waals surface area contributed by atoms with Gasteiger partial charge in [-0.25, -0.2) is 4.79 Å². The molecule has 0 spiro atoms. The van der Waals surface area contributed by atoms with E-state index >= 15 is 0 Å². The molecule has 6 nitrogen and oxygen atoms in total. The minimum Gasteiger partial charge on any atom is -0.478 e. The fraction of sp³-hybridized carbons (Fsp3) is 0.500. The quantitative estimate of drug-likeness (QED) is 0.731. The van der Waals surface area contributed by atoms with Crippen LogP contribution in [0.2, 0.25) is 0 Å². The van der Waals surface area contributed by atoms with Crippen molar-refractivity contribution in [1.29, 1.82) is 0 Å². The van der Waals surface area contributed by atoms with E-state index in [2.05, 4.69) is 32.9 Å². The van der Waals surface area contributed by atoms with E-state index in [4.69, 9.17) is 0 Å². The van der Waals surface area contributed by atoms with Crippen LogP contribution >= 0.6 is 0 Å². The second kappa shape index (κ2) is 7.61. The lowest BCUT2D eigenvalue weighted by Gasteiger charge is -2.51. The Labute approximate surface area is 189 Å². The van der Waals surface area contributed by atoms with Crippen LogP contribution in [0, 0.1) is 16.7 Å². The third kappa shape index (κ3) is 3.46. The van der Waals surface area contributed by atoms with E-state index in [0.717, 1.165) is 12.0 Å². The number of fused-ring (bicyclic) bond motifs is 1. The maximum atomic E-state index is 13.3. The molecule has 0 radical (unpaired) electrons. The highest BCUT2D eigenvalue weighted by Gasteiger charge is 2.48. The van der Waals surface area contributed by atoms with Crippen LogP contribution in [-0.2, 0) is 9.59 Å². The number of hydrogen-bond donors (Lipinski definition) is 1. The Morgan fingerprint density at radius 3 is 2.31 bits per heavy atom. The summed E-state index contributed by atoms with van der Waals surface area (Å²) in [6.07, 6.45) is 5.55. The molecule has 1 aliphatic carbocycles. The van der Waals surface area contributed by atoms with Gasteiger partial charge in [0.25, 0.3) is 0 Å². The molecule has 1 saturated heterocycles. The predicted molar refractivity (Wildman–Crippen MR) is 123 cm³/mol. The van der Waals surface area contributed by atoms with Gasteiger partial charge in [-0.05, 0) is 36.6 Å². The number of nitrogens with zero attached hydrogens (tertiary/aromatic N) is 2. The molecule has 1 N–H and O–H groups in total. The van der Waals surface area contributed by atoms with E-state index in [1.807, 2.05) is 24.0 Å². The average Bonchev–Trinajstić information content (AvgIpc) is 3.00. The largest absolute Gasteiger partial charge is 0.478 e. The normalized spacial score (nSPS) is 29.3. The molecule has 4 rings (SSSR count). The molecule has 170 valence electrons. The highest BCUT2D eigenvalue weighted by atomic mass is 16.4. The number of carboxylic acid groups (broad SMARTS) is 1.